The Hall–Kier alpha value is -2.31. The molecule has 0 saturated carbocycles. The Labute approximate surface area is 208 Å². The highest BCUT2D eigenvalue weighted by molar-refractivity contribution is 5.73. The molecule has 0 aliphatic heterocycles. The summed E-state index contributed by atoms with van der Waals surface area (Å²) in [5.74, 6) is -1.65. The van der Waals surface area contributed by atoms with Gasteiger partial charge < -0.3 is 15.7 Å². The van der Waals surface area contributed by atoms with Crippen molar-refractivity contribution in [2.45, 2.75) is 91.3 Å². The molecule has 0 heterocycles. The van der Waals surface area contributed by atoms with Crippen LogP contribution < -0.4 is 10.6 Å². The monoisotopic (exact) mass is 486 g/mol. The molecule has 1 aliphatic rings. The highest BCUT2D eigenvalue weighted by atomic mass is 19.1. The van der Waals surface area contributed by atoms with Gasteiger partial charge in [0.15, 0.2) is 0 Å². The van der Waals surface area contributed by atoms with E-state index in [1.54, 1.807) is 0 Å². The SMILES string of the molecule is CCc1cc(CC(C)(C)C)cc2c1CCCC2NCC(O)C(Cc1cc(F)cc(F)c1)NC(C)=O. The second-order valence-electron chi connectivity index (χ2n) is 11.1. The molecule has 3 N–H and O–H groups in total. The van der Waals surface area contributed by atoms with Gasteiger partial charge in [0, 0.05) is 25.6 Å². The fourth-order valence-electron chi connectivity index (χ4n) is 5.25. The van der Waals surface area contributed by atoms with Crippen LogP contribution in [0.1, 0.15) is 81.3 Å². The summed E-state index contributed by atoms with van der Waals surface area (Å²) in [7, 11) is 0. The fourth-order valence-corrected chi connectivity index (χ4v) is 5.25. The molecule has 3 rings (SSSR count). The van der Waals surface area contributed by atoms with Crippen LogP contribution in [0.3, 0.4) is 0 Å². The molecule has 0 aromatic heterocycles. The minimum Gasteiger partial charge on any atom is -0.390 e. The van der Waals surface area contributed by atoms with Gasteiger partial charge in [-0.25, -0.2) is 8.78 Å². The summed E-state index contributed by atoms with van der Waals surface area (Å²) in [6, 6.07) is 7.41. The minimum atomic E-state index is -0.918. The number of halogens is 2. The van der Waals surface area contributed by atoms with E-state index >= 15 is 0 Å². The summed E-state index contributed by atoms with van der Waals surface area (Å²) in [6.07, 6.45) is 4.32. The zero-order valence-corrected chi connectivity index (χ0v) is 21.7. The first-order chi connectivity index (χ1) is 16.4. The molecular weight excluding hydrogens is 446 g/mol. The Morgan fingerprint density at radius 2 is 1.80 bits per heavy atom. The average Bonchev–Trinajstić information content (AvgIpc) is 2.74. The van der Waals surface area contributed by atoms with Crippen LogP contribution in [0.2, 0.25) is 0 Å². The molecule has 192 valence electrons. The molecule has 6 heteroatoms. The van der Waals surface area contributed by atoms with Gasteiger partial charge in [0.2, 0.25) is 5.91 Å². The lowest BCUT2D eigenvalue weighted by molar-refractivity contribution is -0.120. The van der Waals surface area contributed by atoms with Crippen LogP contribution in [0.15, 0.2) is 30.3 Å². The van der Waals surface area contributed by atoms with Crippen LogP contribution in [0.4, 0.5) is 8.78 Å². The maximum atomic E-state index is 13.7. The maximum absolute atomic E-state index is 13.7. The molecule has 1 aliphatic carbocycles. The highest BCUT2D eigenvalue weighted by Gasteiger charge is 2.27. The van der Waals surface area contributed by atoms with E-state index in [9.17, 15) is 18.7 Å². The van der Waals surface area contributed by atoms with Crippen molar-refractivity contribution in [2.75, 3.05) is 6.54 Å². The first-order valence-corrected chi connectivity index (χ1v) is 12.7. The number of nitrogens with one attached hydrogen (secondary N) is 2. The van der Waals surface area contributed by atoms with E-state index < -0.39 is 23.8 Å². The Morgan fingerprint density at radius 3 is 2.40 bits per heavy atom. The molecule has 4 nitrogen and oxygen atoms in total. The van der Waals surface area contributed by atoms with Crippen molar-refractivity contribution in [1.82, 2.24) is 10.6 Å². The number of fused-ring (bicyclic) bond motifs is 1. The molecule has 3 atom stereocenters. The maximum Gasteiger partial charge on any atom is 0.217 e. The van der Waals surface area contributed by atoms with Gasteiger partial charge in [0.1, 0.15) is 11.6 Å². The largest absolute Gasteiger partial charge is 0.390 e. The lowest BCUT2D eigenvalue weighted by Crippen LogP contribution is -2.48. The molecule has 0 fully saturated rings. The molecule has 2 aromatic carbocycles. The molecular formula is C29H40F2N2O2. The molecule has 35 heavy (non-hydrogen) atoms. The van der Waals surface area contributed by atoms with E-state index in [1.807, 2.05) is 0 Å². The second-order valence-corrected chi connectivity index (χ2v) is 11.1. The van der Waals surface area contributed by atoms with Gasteiger partial charge in [-0.15, -0.1) is 0 Å². The third-order valence-electron chi connectivity index (χ3n) is 6.65. The number of aliphatic hydroxyl groups excluding tert-OH is 1. The third kappa shape index (κ3) is 7.84. The number of aryl methyl sites for hydroxylation is 1. The number of carbonyl (C=O) groups is 1. The van der Waals surface area contributed by atoms with Gasteiger partial charge in [-0.3, -0.25) is 4.79 Å². The third-order valence-corrected chi connectivity index (χ3v) is 6.65. The predicted molar refractivity (Wildman–Crippen MR) is 136 cm³/mol. The van der Waals surface area contributed by atoms with Crippen molar-refractivity contribution in [3.63, 3.8) is 0 Å². The summed E-state index contributed by atoms with van der Waals surface area (Å²) < 4.78 is 27.3. The van der Waals surface area contributed by atoms with E-state index in [0.717, 1.165) is 38.2 Å². The van der Waals surface area contributed by atoms with E-state index in [-0.39, 0.29) is 30.3 Å². The van der Waals surface area contributed by atoms with E-state index in [2.05, 4.69) is 50.5 Å². The van der Waals surface area contributed by atoms with Crippen molar-refractivity contribution in [3.05, 3.63) is 69.8 Å². The molecule has 1 amide bonds. The molecule has 0 saturated heterocycles. The molecule has 0 bridgehead atoms. The van der Waals surface area contributed by atoms with Gasteiger partial charge >= 0.3 is 0 Å². The van der Waals surface area contributed by atoms with Crippen LogP contribution >= 0.6 is 0 Å². The van der Waals surface area contributed by atoms with Crippen molar-refractivity contribution < 1.29 is 18.7 Å². The Balaban J connectivity index is 1.77. The van der Waals surface area contributed by atoms with Crippen molar-refractivity contribution in [2.24, 2.45) is 5.41 Å². The molecule has 2 aromatic rings. The van der Waals surface area contributed by atoms with Crippen molar-refractivity contribution in [1.29, 1.82) is 0 Å². The van der Waals surface area contributed by atoms with Crippen LogP contribution in [0.5, 0.6) is 0 Å². The van der Waals surface area contributed by atoms with Gasteiger partial charge in [0.05, 0.1) is 12.1 Å². The number of hydrogen-bond acceptors (Lipinski definition) is 3. The predicted octanol–water partition coefficient (Wildman–Crippen LogP) is 5.19. The summed E-state index contributed by atoms with van der Waals surface area (Å²) in [6.45, 7) is 10.6. The number of hydrogen-bond donors (Lipinski definition) is 3. The van der Waals surface area contributed by atoms with Crippen molar-refractivity contribution >= 4 is 5.91 Å². The van der Waals surface area contributed by atoms with Crippen LogP contribution in [-0.4, -0.2) is 29.7 Å². The first-order valence-electron chi connectivity index (χ1n) is 12.7. The Morgan fingerprint density at radius 1 is 1.11 bits per heavy atom. The van der Waals surface area contributed by atoms with Crippen LogP contribution in [-0.2, 0) is 30.5 Å². The summed E-state index contributed by atoms with van der Waals surface area (Å²) in [4.78, 5) is 11.8. The molecule has 0 radical (unpaired) electrons. The van der Waals surface area contributed by atoms with E-state index in [1.165, 1.54) is 41.3 Å². The average molecular weight is 487 g/mol. The standard InChI is InChI=1S/C29H40F2N2O2/c1-6-21-10-20(16-29(3,4)5)13-25-24(21)8-7-9-26(25)32-17-28(35)27(33-18(2)34)14-19-11-22(30)15-23(31)12-19/h10-13,15,26-28,32,35H,6-9,14,16-17H2,1-5H3,(H,33,34). The number of aliphatic hydroxyl groups is 1. The molecule has 0 spiro atoms. The smallest absolute Gasteiger partial charge is 0.217 e. The highest BCUT2D eigenvalue weighted by Crippen LogP contribution is 2.35. The van der Waals surface area contributed by atoms with Gasteiger partial charge in [-0.1, -0.05) is 39.8 Å². The summed E-state index contributed by atoms with van der Waals surface area (Å²) >= 11 is 0. The van der Waals surface area contributed by atoms with Gasteiger partial charge in [-0.2, -0.15) is 0 Å². The lowest BCUT2D eigenvalue weighted by atomic mass is 9.80. The lowest BCUT2D eigenvalue weighted by Gasteiger charge is -2.32. The summed E-state index contributed by atoms with van der Waals surface area (Å²) in [5.41, 5.74) is 6.05. The van der Waals surface area contributed by atoms with Crippen LogP contribution in [0, 0.1) is 17.0 Å². The Bertz CT molecular complexity index is 1010. The van der Waals surface area contributed by atoms with E-state index in [4.69, 9.17) is 0 Å². The van der Waals surface area contributed by atoms with Crippen LogP contribution in [0.25, 0.3) is 0 Å². The number of amides is 1. The zero-order chi connectivity index (χ0) is 25.8. The normalized spacial score (nSPS) is 17.5. The van der Waals surface area contributed by atoms with Gasteiger partial charge in [0.25, 0.3) is 0 Å². The quantitative estimate of drug-likeness (QED) is 0.457. The van der Waals surface area contributed by atoms with E-state index in [0.29, 0.717) is 5.56 Å². The number of benzene rings is 2. The number of rotatable bonds is 9. The van der Waals surface area contributed by atoms with Crippen molar-refractivity contribution in [3.8, 4) is 0 Å². The first kappa shape index (κ1) is 27.3. The minimum absolute atomic E-state index is 0.114. The topological polar surface area (TPSA) is 61.4 Å². The summed E-state index contributed by atoms with van der Waals surface area (Å²) in [5, 5.41) is 17.3. The molecule has 3 unspecified atom stereocenters. The van der Waals surface area contributed by atoms with Gasteiger partial charge in [-0.05, 0) is 83.9 Å². The Kier molecular flexibility index (Phi) is 9.05. The zero-order valence-electron chi connectivity index (χ0n) is 21.7. The fraction of sp³-hybridized carbons (Fsp3) is 0.552. The number of carbonyl (C=O) groups excluding carboxylic acids is 1. The second kappa shape index (κ2) is 11.6.